The van der Waals surface area contributed by atoms with Crippen LogP contribution >= 0.6 is 0 Å². The molecule has 0 bridgehead atoms. The summed E-state index contributed by atoms with van der Waals surface area (Å²) in [5, 5.41) is 0. The maximum atomic E-state index is 13.0. The number of carbonyl (C=O) groups is 1. The minimum absolute atomic E-state index is 0.131. The molecule has 0 radical (unpaired) electrons. The Morgan fingerprint density at radius 2 is 1.67 bits per heavy atom. The van der Waals surface area contributed by atoms with E-state index in [9.17, 15) is 18.0 Å². The van der Waals surface area contributed by atoms with Gasteiger partial charge in [-0.15, -0.1) is 0 Å². The molecule has 4 rings (SSSR count). The van der Waals surface area contributed by atoms with Crippen molar-refractivity contribution >= 4 is 27.0 Å². The highest BCUT2D eigenvalue weighted by molar-refractivity contribution is 7.89. The average Bonchev–Trinajstić information content (AvgIpc) is 3.07. The number of H-pyrrole nitrogens is 2. The molecule has 1 amide bonds. The van der Waals surface area contributed by atoms with E-state index in [1.54, 1.807) is 6.07 Å². The summed E-state index contributed by atoms with van der Waals surface area (Å²) in [7, 11) is -3.66. The predicted octanol–water partition coefficient (Wildman–Crippen LogP) is 0.667. The Kier molecular flexibility index (Phi) is 5.73. The molecule has 0 spiro atoms. The number of sulfonamides is 1. The number of aromatic amines is 2. The molecule has 10 heteroatoms. The SMILES string of the molecule is CC1CC(C)CN(C(=O)CN2CCN(S(=O)(=O)c3ccc4[nH]c(=O)[nH]c4c3)CC2)C1. The molecule has 164 valence electrons. The number of likely N-dealkylation sites (tertiary alicyclic amines) is 1. The van der Waals surface area contributed by atoms with Crippen LogP contribution in [0.15, 0.2) is 27.9 Å². The van der Waals surface area contributed by atoms with Gasteiger partial charge in [-0.05, 0) is 36.5 Å². The predicted molar refractivity (Wildman–Crippen MR) is 114 cm³/mol. The first-order chi connectivity index (χ1) is 14.2. The minimum atomic E-state index is -3.66. The van der Waals surface area contributed by atoms with Crippen molar-refractivity contribution in [2.24, 2.45) is 11.8 Å². The van der Waals surface area contributed by atoms with E-state index in [4.69, 9.17) is 0 Å². The zero-order valence-electron chi connectivity index (χ0n) is 17.4. The van der Waals surface area contributed by atoms with Crippen LogP contribution in [0.4, 0.5) is 0 Å². The fourth-order valence-corrected chi connectivity index (χ4v) is 6.06. The maximum absolute atomic E-state index is 13.0. The average molecular weight is 436 g/mol. The third-order valence-corrected chi connectivity index (χ3v) is 7.93. The number of aromatic nitrogens is 2. The quantitative estimate of drug-likeness (QED) is 0.734. The van der Waals surface area contributed by atoms with E-state index in [0.717, 1.165) is 19.5 Å². The Morgan fingerprint density at radius 1 is 1.03 bits per heavy atom. The summed E-state index contributed by atoms with van der Waals surface area (Å²) in [5.41, 5.74) is 0.675. The highest BCUT2D eigenvalue weighted by Crippen LogP contribution is 2.22. The van der Waals surface area contributed by atoms with Crippen LogP contribution in [0.3, 0.4) is 0 Å². The first kappa shape index (κ1) is 21.1. The molecular formula is C20H29N5O4S. The van der Waals surface area contributed by atoms with Crippen LogP contribution in [0.25, 0.3) is 11.0 Å². The van der Waals surface area contributed by atoms with E-state index in [1.807, 2.05) is 9.80 Å². The molecule has 2 aliphatic heterocycles. The van der Waals surface area contributed by atoms with E-state index in [2.05, 4.69) is 23.8 Å². The number of amides is 1. The van der Waals surface area contributed by atoms with Gasteiger partial charge in [-0.1, -0.05) is 13.8 Å². The topological polar surface area (TPSA) is 110 Å². The van der Waals surface area contributed by atoms with Gasteiger partial charge in [-0.3, -0.25) is 9.69 Å². The minimum Gasteiger partial charge on any atom is -0.341 e. The van der Waals surface area contributed by atoms with Crippen molar-refractivity contribution < 1.29 is 13.2 Å². The van der Waals surface area contributed by atoms with Gasteiger partial charge in [0.15, 0.2) is 0 Å². The molecule has 2 unspecified atom stereocenters. The lowest BCUT2D eigenvalue weighted by Crippen LogP contribution is -2.52. The molecule has 1 aromatic carbocycles. The molecular weight excluding hydrogens is 406 g/mol. The fourth-order valence-electron chi connectivity index (χ4n) is 4.61. The standard InChI is InChI=1S/C20H29N5O4S/c1-14-9-15(2)12-24(11-14)19(26)13-23-5-7-25(8-6-23)30(28,29)16-3-4-17-18(10-16)22-20(27)21-17/h3-4,10,14-15H,5-9,11-13H2,1-2H3,(H2,21,22,27). The van der Waals surface area contributed by atoms with Crippen molar-refractivity contribution in [1.82, 2.24) is 24.1 Å². The number of nitrogens with one attached hydrogen (secondary N) is 2. The van der Waals surface area contributed by atoms with Crippen molar-refractivity contribution in [3.05, 3.63) is 28.7 Å². The second-order valence-electron chi connectivity index (χ2n) is 8.71. The normalized spacial score (nSPS) is 24.4. The van der Waals surface area contributed by atoms with E-state index in [1.165, 1.54) is 16.4 Å². The molecule has 9 nitrogen and oxygen atoms in total. The number of piperazine rings is 1. The smallest absolute Gasteiger partial charge is 0.323 e. The lowest BCUT2D eigenvalue weighted by Gasteiger charge is -2.38. The number of piperidine rings is 1. The van der Waals surface area contributed by atoms with Crippen molar-refractivity contribution in [3.8, 4) is 0 Å². The van der Waals surface area contributed by atoms with E-state index in [0.29, 0.717) is 55.6 Å². The molecule has 2 aliphatic rings. The van der Waals surface area contributed by atoms with E-state index in [-0.39, 0.29) is 16.5 Å². The molecule has 3 heterocycles. The molecule has 2 N–H and O–H groups in total. The zero-order valence-corrected chi connectivity index (χ0v) is 18.2. The molecule has 30 heavy (non-hydrogen) atoms. The van der Waals surface area contributed by atoms with Crippen LogP contribution in [-0.4, -0.2) is 84.2 Å². The molecule has 2 fully saturated rings. The summed E-state index contributed by atoms with van der Waals surface area (Å²) in [5.74, 6) is 1.17. The van der Waals surface area contributed by atoms with Crippen molar-refractivity contribution in [2.75, 3.05) is 45.8 Å². The number of benzene rings is 1. The largest absolute Gasteiger partial charge is 0.341 e. The Balaban J connectivity index is 1.37. The van der Waals surface area contributed by atoms with Crippen LogP contribution in [0, 0.1) is 11.8 Å². The van der Waals surface area contributed by atoms with E-state index >= 15 is 0 Å². The summed E-state index contributed by atoms with van der Waals surface area (Å²) in [6.07, 6.45) is 1.16. The summed E-state index contributed by atoms with van der Waals surface area (Å²) >= 11 is 0. The van der Waals surface area contributed by atoms with Crippen LogP contribution < -0.4 is 5.69 Å². The third-order valence-electron chi connectivity index (χ3n) is 6.04. The molecule has 2 aromatic rings. The van der Waals surface area contributed by atoms with Crippen LogP contribution in [0.2, 0.25) is 0 Å². The molecule has 0 aliphatic carbocycles. The van der Waals surface area contributed by atoms with Gasteiger partial charge in [0.1, 0.15) is 0 Å². The number of fused-ring (bicyclic) bond motifs is 1. The van der Waals surface area contributed by atoms with Gasteiger partial charge in [-0.25, -0.2) is 13.2 Å². The second kappa shape index (κ2) is 8.16. The molecule has 2 atom stereocenters. The van der Waals surface area contributed by atoms with Crippen molar-refractivity contribution in [3.63, 3.8) is 0 Å². The summed E-state index contributed by atoms with van der Waals surface area (Å²) < 4.78 is 27.5. The van der Waals surface area contributed by atoms with Gasteiger partial charge in [0.2, 0.25) is 15.9 Å². The van der Waals surface area contributed by atoms with E-state index < -0.39 is 10.0 Å². The number of hydrogen-bond donors (Lipinski definition) is 2. The number of hydrogen-bond acceptors (Lipinski definition) is 5. The Morgan fingerprint density at radius 3 is 2.33 bits per heavy atom. The van der Waals surface area contributed by atoms with Gasteiger partial charge in [-0.2, -0.15) is 4.31 Å². The first-order valence-electron chi connectivity index (χ1n) is 10.4. The summed E-state index contributed by atoms with van der Waals surface area (Å²) in [6.45, 7) is 8.03. The lowest BCUT2D eigenvalue weighted by molar-refractivity contribution is -0.135. The zero-order chi connectivity index (χ0) is 21.5. The summed E-state index contributed by atoms with van der Waals surface area (Å²) in [4.78, 5) is 33.5. The summed E-state index contributed by atoms with van der Waals surface area (Å²) in [6, 6.07) is 4.59. The van der Waals surface area contributed by atoms with Crippen molar-refractivity contribution in [2.45, 2.75) is 25.2 Å². The highest BCUT2D eigenvalue weighted by Gasteiger charge is 2.31. The van der Waals surface area contributed by atoms with Crippen LogP contribution in [-0.2, 0) is 14.8 Å². The second-order valence-corrected chi connectivity index (χ2v) is 10.6. The van der Waals surface area contributed by atoms with Gasteiger partial charge >= 0.3 is 5.69 Å². The van der Waals surface area contributed by atoms with Crippen LogP contribution in [0.1, 0.15) is 20.3 Å². The Hall–Kier alpha value is -2.17. The van der Waals surface area contributed by atoms with Crippen LogP contribution in [0.5, 0.6) is 0 Å². The number of nitrogens with zero attached hydrogens (tertiary/aromatic N) is 3. The third kappa shape index (κ3) is 4.30. The fraction of sp³-hybridized carbons (Fsp3) is 0.600. The van der Waals surface area contributed by atoms with Gasteiger partial charge in [0.05, 0.1) is 22.5 Å². The maximum Gasteiger partial charge on any atom is 0.323 e. The van der Waals surface area contributed by atoms with Gasteiger partial charge in [0, 0.05) is 39.3 Å². The van der Waals surface area contributed by atoms with Gasteiger partial charge in [0.25, 0.3) is 0 Å². The number of rotatable bonds is 4. The molecule has 2 saturated heterocycles. The first-order valence-corrected chi connectivity index (χ1v) is 11.9. The number of carbonyl (C=O) groups excluding carboxylic acids is 1. The molecule has 1 aromatic heterocycles. The number of imidazole rings is 1. The van der Waals surface area contributed by atoms with Crippen molar-refractivity contribution in [1.29, 1.82) is 0 Å². The Labute approximate surface area is 176 Å². The Bertz CT molecular complexity index is 1070. The highest BCUT2D eigenvalue weighted by atomic mass is 32.2. The lowest BCUT2D eigenvalue weighted by atomic mass is 9.92. The molecule has 0 saturated carbocycles. The van der Waals surface area contributed by atoms with Gasteiger partial charge < -0.3 is 14.9 Å². The monoisotopic (exact) mass is 435 g/mol.